The standard InChI is InChI=1S/C30H34F2N6O4S/c1-17-11-18(12-24(33)28(17)43(2,40)41)21-5-8-34-16-26(21)36-29-35-15-20-3-4-25(37-38(20)29)27-22(31)13-19(14-23(27)32)30(39)6-9-42-10-7-30/h3-5,8,13-18,24,28,39H,6-7,9-12,33H2,1-2H3,(H,35,36)/t17-,18+,24+,28-/m0/s1. The number of aromatic nitrogens is 4. The number of nitrogens with one attached hydrogen (secondary N) is 1. The molecule has 228 valence electrons. The summed E-state index contributed by atoms with van der Waals surface area (Å²) in [7, 11) is -3.30. The number of sulfone groups is 1. The van der Waals surface area contributed by atoms with E-state index < -0.39 is 38.4 Å². The van der Waals surface area contributed by atoms with Crippen molar-refractivity contribution in [3.05, 3.63) is 71.7 Å². The van der Waals surface area contributed by atoms with E-state index >= 15 is 8.78 Å². The molecule has 0 bridgehead atoms. The zero-order chi connectivity index (χ0) is 30.5. The molecule has 4 atom stereocenters. The lowest BCUT2D eigenvalue weighted by Crippen LogP contribution is -2.48. The number of fused-ring (bicyclic) bond motifs is 1. The van der Waals surface area contributed by atoms with Gasteiger partial charge in [0.15, 0.2) is 9.84 Å². The van der Waals surface area contributed by atoms with Crippen molar-refractivity contribution in [3.8, 4) is 11.3 Å². The molecule has 1 aliphatic heterocycles. The largest absolute Gasteiger partial charge is 0.385 e. The molecule has 1 saturated carbocycles. The highest BCUT2D eigenvalue weighted by molar-refractivity contribution is 7.91. The van der Waals surface area contributed by atoms with Crippen LogP contribution >= 0.6 is 0 Å². The maximum atomic E-state index is 15.4. The average molecular weight is 613 g/mol. The molecular formula is C30H34F2N6O4S. The summed E-state index contributed by atoms with van der Waals surface area (Å²) in [4.78, 5) is 8.70. The molecule has 4 N–H and O–H groups in total. The van der Waals surface area contributed by atoms with Crippen LogP contribution in [0.3, 0.4) is 0 Å². The maximum absolute atomic E-state index is 15.4. The lowest BCUT2D eigenvalue weighted by Gasteiger charge is -2.38. The van der Waals surface area contributed by atoms with E-state index in [4.69, 9.17) is 10.5 Å². The minimum Gasteiger partial charge on any atom is -0.385 e. The Kier molecular flexibility index (Phi) is 7.69. The Balaban J connectivity index is 1.31. The van der Waals surface area contributed by atoms with Crippen LogP contribution in [0.15, 0.2) is 48.9 Å². The van der Waals surface area contributed by atoms with Gasteiger partial charge in [-0.25, -0.2) is 22.2 Å². The fourth-order valence-electron chi connectivity index (χ4n) is 6.73. The van der Waals surface area contributed by atoms with E-state index in [1.54, 1.807) is 24.7 Å². The zero-order valence-electron chi connectivity index (χ0n) is 23.9. The van der Waals surface area contributed by atoms with Crippen molar-refractivity contribution < 1.29 is 27.0 Å². The molecule has 2 aliphatic rings. The van der Waals surface area contributed by atoms with E-state index in [-0.39, 0.29) is 41.5 Å². The van der Waals surface area contributed by atoms with E-state index in [9.17, 15) is 13.5 Å². The van der Waals surface area contributed by atoms with Crippen LogP contribution in [-0.4, -0.2) is 63.9 Å². The quantitative estimate of drug-likeness (QED) is 0.294. The smallest absolute Gasteiger partial charge is 0.229 e. The van der Waals surface area contributed by atoms with Crippen molar-refractivity contribution in [2.24, 2.45) is 11.7 Å². The van der Waals surface area contributed by atoms with Crippen LogP contribution in [0.4, 0.5) is 20.4 Å². The molecule has 4 heterocycles. The van der Waals surface area contributed by atoms with Gasteiger partial charge in [0.2, 0.25) is 5.95 Å². The number of pyridine rings is 1. The fraction of sp³-hybridized carbons (Fsp3) is 0.433. The topological polar surface area (TPSA) is 145 Å². The Morgan fingerprint density at radius 3 is 2.51 bits per heavy atom. The molecule has 6 rings (SSSR count). The highest BCUT2D eigenvalue weighted by Crippen LogP contribution is 2.41. The molecule has 43 heavy (non-hydrogen) atoms. The summed E-state index contributed by atoms with van der Waals surface area (Å²) in [6.45, 7) is 2.53. The fourth-order valence-corrected chi connectivity index (χ4v) is 8.43. The molecule has 3 aromatic heterocycles. The summed E-state index contributed by atoms with van der Waals surface area (Å²) in [5.41, 5.74) is 7.09. The number of benzene rings is 1. The highest BCUT2D eigenvalue weighted by atomic mass is 32.2. The summed E-state index contributed by atoms with van der Waals surface area (Å²) in [5.74, 6) is -1.51. The Morgan fingerprint density at radius 2 is 1.84 bits per heavy atom. The van der Waals surface area contributed by atoms with Gasteiger partial charge in [-0.2, -0.15) is 9.61 Å². The van der Waals surface area contributed by atoms with Crippen LogP contribution in [0, 0.1) is 17.6 Å². The lowest BCUT2D eigenvalue weighted by molar-refractivity contribution is -0.0682. The second-order valence-electron chi connectivity index (χ2n) is 11.8. The van der Waals surface area contributed by atoms with Crippen molar-refractivity contribution in [1.82, 2.24) is 19.6 Å². The molecule has 10 nitrogen and oxygen atoms in total. The Hall–Kier alpha value is -3.52. The number of imidazole rings is 1. The third-order valence-corrected chi connectivity index (χ3v) is 10.6. The molecule has 1 aromatic carbocycles. The van der Waals surface area contributed by atoms with E-state index in [0.717, 1.165) is 17.7 Å². The molecule has 1 saturated heterocycles. The van der Waals surface area contributed by atoms with Crippen LogP contribution < -0.4 is 11.1 Å². The predicted molar refractivity (Wildman–Crippen MR) is 158 cm³/mol. The Labute approximate surface area is 248 Å². The Morgan fingerprint density at radius 1 is 1.12 bits per heavy atom. The summed E-state index contributed by atoms with van der Waals surface area (Å²) < 4.78 is 62.2. The molecule has 0 spiro atoms. The molecule has 1 aliphatic carbocycles. The van der Waals surface area contributed by atoms with Crippen LogP contribution in [0.2, 0.25) is 0 Å². The molecule has 0 unspecified atom stereocenters. The SMILES string of the molecule is C[C@H]1C[C@@H](c2ccncc2Nc2ncc3ccc(-c4c(F)cc(C5(O)CCOCC5)cc4F)nn23)C[C@@H](N)[C@H]1S(C)(=O)=O. The summed E-state index contributed by atoms with van der Waals surface area (Å²) in [6, 6.07) is 6.87. The molecule has 0 amide bonds. The Bertz CT molecular complexity index is 1740. The normalized spacial score (nSPS) is 24.2. The van der Waals surface area contributed by atoms with Crippen molar-refractivity contribution in [1.29, 1.82) is 0 Å². The monoisotopic (exact) mass is 612 g/mol. The van der Waals surface area contributed by atoms with Crippen LogP contribution in [0.25, 0.3) is 16.8 Å². The first-order valence-electron chi connectivity index (χ1n) is 14.2. The van der Waals surface area contributed by atoms with Gasteiger partial charge < -0.3 is 20.9 Å². The van der Waals surface area contributed by atoms with Crippen molar-refractivity contribution in [2.75, 3.05) is 24.8 Å². The number of halogens is 2. The van der Waals surface area contributed by atoms with Gasteiger partial charge >= 0.3 is 0 Å². The minimum absolute atomic E-state index is 0.0181. The number of aliphatic hydroxyl groups is 1. The highest BCUT2D eigenvalue weighted by Gasteiger charge is 2.40. The van der Waals surface area contributed by atoms with Gasteiger partial charge in [-0.1, -0.05) is 6.92 Å². The zero-order valence-corrected chi connectivity index (χ0v) is 24.7. The number of nitrogens with two attached hydrogens (primary N) is 1. The van der Waals surface area contributed by atoms with E-state index in [2.05, 4.69) is 20.4 Å². The van der Waals surface area contributed by atoms with Gasteiger partial charge in [0, 0.05) is 44.5 Å². The molecule has 0 radical (unpaired) electrons. The molecule has 13 heteroatoms. The van der Waals surface area contributed by atoms with E-state index in [0.29, 0.717) is 43.2 Å². The van der Waals surface area contributed by atoms with Crippen molar-refractivity contribution >= 4 is 27.0 Å². The first-order valence-corrected chi connectivity index (χ1v) is 16.2. The van der Waals surface area contributed by atoms with Crippen molar-refractivity contribution in [2.45, 2.75) is 55.4 Å². The summed E-state index contributed by atoms with van der Waals surface area (Å²) in [5, 5.41) is 18.1. The maximum Gasteiger partial charge on any atom is 0.229 e. The van der Waals surface area contributed by atoms with E-state index in [1.165, 1.54) is 16.8 Å². The van der Waals surface area contributed by atoms with Crippen molar-refractivity contribution in [3.63, 3.8) is 0 Å². The minimum atomic E-state index is -3.30. The summed E-state index contributed by atoms with van der Waals surface area (Å²) in [6.07, 6.45) is 7.76. The van der Waals surface area contributed by atoms with Gasteiger partial charge in [0.1, 0.15) is 11.6 Å². The number of rotatable bonds is 6. The van der Waals surface area contributed by atoms with Gasteiger partial charge in [0.25, 0.3) is 0 Å². The first kappa shape index (κ1) is 29.5. The second kappa shape index (κ2) is 11.2. The third kappa shape index (κ3) is 5.62. The van der Waals surface area contributed by atoms with Gasteiger partial charge in [-0.3, -0.25) is 4.98 Å². The average Bonchev–Trinajstić information content (AvgIpc) is 3.34. The third-order valence-electron chi connectivity index (χ3n) is 8.77. The van der Waals surface area contributed by atoms with Crippen LogP contribution in [0.5, 0.6) is 0 Å². The molecule has 2 fully saturated rings. The first-order chi connectivity index (χ1) is 20.4. The number of nitrogens with zero attached hydrogens (tertiary/aromatic N) is 4. The number of hydrogen-bond acceptors (Lipinski definition) is 9. The van der Waals surface area contributed by atoms with E-state index in [1.807, 2.05) is 13.0 Å². The number of anilines is 2. The van der Waals surface area contributed by atoms with Gasteiger partial charge in [-0.15, -0.1) is 0 Å². The van der Waals surface area contributed by atoms with Crippen LogP contribution in [0.1, 0.15) is 49.7 Å². The number of hydrogen-bond donors (Lipinski definition) is 3. The predicted octanol–water partition coefficient (Wildman–Crippen LogP) is 4.07. The lowest BCUT2D eigenvalue weighted by atomic mass is 9.76. The molecular weight excluding hydrogens is 578 g/mol. The molecule has 4 aromatic rings. The van der Waals surface area contributed by atoms with Gasteiger partial charge in [0.05, 0.1) is 45.7 Å². The van der Waals surface area contributed by atoms with Gasteiger partial charge in [-0.05, 0) is 66.1 Å². The second-order valence-corrected chi connectivity index (χ2v) is 14.0. The summed E-state index contributed by atoms with van der Waals surface area (Å²) >= 11 is 0. The number of ether oxygens (including phenoxy) is 1. The van der Waals surface area contributed by atoms with Crippen LogP contribution in [-0.2, 0) is 20.2 Å².